The minimum Gasteiger partial charge on any atom is -0.482 e. The number of carbonyl (C=O) groups is 2. The summed E-state index contributed by atoms with van der Waals surface area (Å²) in [5, 5.41) is 16.1. The highest BCUT2D eigenvalue weighted by atomic mass is 16.5. The molecule has 6 nitrogen and oxygen atoms in total. The van der Waals surface area contributed by atoms with E-state index < -0.39 is 5.97 Å². The summed E-state index contributed by atoms with van der Waals surface area (Å²) in [6, 6.07) is 14.7. The third-order valence-corrected chi connectivity index (χ3v) is 4.88. The molecule has 1 fully saturated rings. The van der Waals surface area contributed by atoms with Gasteiger partial charge in [0.05, 0.1) is 0 Å². The Kier molecular flexibility index (Phi) is 5.54. The summed E-state index contributed by atoms with van der Waals surface area (Å²) >= 11 is 0. The van der Waals surface area contributed by atoms with Crippen molar-refractivity contribution in [3.05, 3.63) is 65.2 Å². The Morgan fingerprint density at radius 2 is 1.81 bits per heavy atom. The molecule has 0 heterocycles. The van der Waals surface area contributed by atoms with Gasteiger partial charge in [-0.15, -0.1) is 0 Å². The van der Waals surface area contributed by atoms with Crippen LogP contribution in [0.4, 0.5) is 0 Å². The fourth-order valence-corrected chi connectivity index (χ4v) is 3.55. The van der Waals surface area contributed by atoms with Crippen molar-refractivity contribution in [2.24, 2.45) is 11.7 Å². The third kappa shape index (κ3) is 4.73. The van der Waals surface area contributed by atoms with Crippen LogP contribution in [0.3, 0.4) is 0 Å². The van der Waals surface area contributed by atoms with Crippen molar-refractivity contribution >= 4 is 17.6 Å². The van der Waals surface area contributed by atoms with Crippen molar-refractivity contribution in [3.8, 4) is 5.75 Å². The first-order valence-electron chi connectivity index (χ1n) is 8.83. The molecule has 1 saturated carbocycles. The Hall–Kier alpha value is -3.15. The molecule has 1 aliphatic carbocycles. The minimum absolute atomic E-state index is 0.0213. The van der Waals surface area contributed by atoms with E-state index in [1.807, 2.05) is 24.3 Å². The smallest absolute Gasteiger partial charge is 0.341 e. The molecule has 2 aromatic rings. The van der Waals surface area contributed by atoms with Gasteiger partial charge in [-0.1, -0.05) is 36.4 Å². The number of carbonyl (C=O) groups excluding carboxylic acids is 1. The normalized spacial score (nSPS) is 19.0. The summed E-state index contributed by atoms with van der Waals surface area (Å²) in [6.45, 7) is -0.361. The number of benzene rings is 2. The molecule has 0 saturated heterocycles. The second-order valence-corrected chi connectivity index (χ2v) is 6.89. The lowest BCUT2D eigenvalue weighted by Crippen LogP contribution is -2.11. The van der Waals surface area contributed by atoms with E-state index in [1.165, 1.54) is 0 Å². The highest BCUT2D eigenvalue weighted by Crippen LogP contribution is 2.37. The number of nitrogens with two attached hydrogens (primary N) is 1. The topological polar surface area (TPSA) is 113 Å². The standard InChI is InChI=1S/C21H22N2O4/c22-21(23)16-5-3-15(4-6-16)18-10-14(11-19(18)24)9-13-1-7-17(8-2-13)27-12-20(25)26/h1-8,14,18H,9-12H2,(H3,22,23)(H,25,26). The zero-order valence-electron chi connectivity index (χ0n) is 14.9. The SMILES string of the molecule is N=C(N)c1ccc(C2CC(Cc3ccc(OCC(=O)O)cc3)CC2=O)cc1. The number of hydrogen-bond donors (Lipinski definition) is 3. The molecule has 2 unspecified atom stereocenters. The predicted molar refractivity (Wildman–Crippen MR) is 101 cm³/mol. The van der Waals surface area contributed by atoms with Gasteiger partial charge in [-0.05, 0) is 42.0 Å². The van der Waals surface area contributed by atoms with Crippen LogP contribution in [0.5, 0.6) is 5.75 Å². The number of carboxylic acid groups (broad SMARTS) is 1. The number of ether oxygens (including phenoxy) is 1. The van der Waals surface area contributed by atoms with Gasteiger partial charge >= 0.3 is 5.97 Å². The molecule has 0 aliphatic heterocycles. The second-order valence-electron chi connectivity index (χ2n) is 6.89. The Balaban J connectivity index is 1.60. The zero-order chi connectivity index (χ0) is 19.4. The molecule has 2 aromatic carbocycles. The van der Waals surface area contributed by atoms with Crippen LogP contribution in [0.1, 0.15) is 35.4 Å². The molecule has 3 rings (SSSR count). The molecule has 140 valence electrons. The third-order valence-electron chi connectivity index (χ3n) is 4.88. The summed E-state index contributed by atoms with van der Waals surface area (Å²) < 4.78 is 5.13. The second kappa shape index (κ2) is 8.03. The largest absolute Gasteiger partial charge is 0.482 e. The van der Waals surface area contributed by atoms with Crippen LogP contribution in [0.2, 0.25) is 0 Å². The fraction of sp³-hybridized carbons (Fsp3) is 0.286. The number of amidine groups is 1. The van der Waals surface area contributed by atoms with Gasteiger partial charge in [0, 0.05) is 17.9 Å². The number of nitrogen functional groups attached to an aromatic ring is 1. The molecular weight excluding hydrogens is 344 g/mol. The van der Waals surface area contributed by atoms with E-state index in [0.29, 0.717) is 17.7 Å². The van der Waals surface area contributed by atoms with Crippen LogP contribution in [-0.2, 0) is 16.0 Å². The summed E-state index contributed by atoms with van der Waals surface area (Å²) in [5.41, 5.74) is 8.21. The van der Waals surface area contributed by atoms with Crippen molar-refractivity contribution in [2.75, 3.05) is 6.61 Å². The first-order chi connectivity index (χ1) is 12.9. The molecule has 1 aliphatic rings. The fourth-order valence-electron chi connectivity index (χ4n) is 3.55. The molecule has 0 bridgehead atoms. The molecule has 4 N–H and O–H groups in total. The van der Waals surface area contributed by atoms with Crippen molar-refractivity contribution in [2.45, 2.75) is 25.2 Å². The van der Waals surface area contributed by atoms with Crippen molar-refractivity contribution in [1.29, 1.82) is 5.41 Å². The molecule has 0 radical (unpaired) electrons. The monoisotopic (exact) mass is 366 g/mol. The summed E-state index contributed by atoms with van der Waals surface area (Å²) in [5.74, 6) is -0.0436. The van der Waals surface area contributed by atoms with Crippen LogP contribution in [0.15, 0.2) is 48.5 Å². The average Bonchev–Trinajstić information content (AvgIpc) is 3.01. The van der Waals surface area contributed by atoms with Gasteiger partial charge in [0.1, 0.15) is 17.4 Å². The van der Waals surface area contributed by atoms with E-state index in [-0.39, 0.29) is 30.1 Å². The maximum Gasteiger partial charge on any atom is 0.341 e. The van der Waals surface area contributed by atoms with Crippen LogP contribution in [-0.4, -0.2) is 29.3 Å². The van der Waals surface area contributed by atoms with E-state index in [1.54, 1.807) is 24.3 Å². The summed E-state index contributed by atoms with van der Waals surface area (Å²) in [7, 11) is 0. The molecule has 0 amide bonds. The van der Waals surface area contributed by atoms with Crippen LogP contribution in [0, 0.1) is 11.3 Å². The van der Waals surface area contributed by atoms with Crippen LogP contribution >= 0.6 is 0 Å². The highest BCUT2D eigenvalue weighted by Gasteiger charge is 2.33. The Morgan fingerprint density at radius 1 is 1.15 bits per heavy atom. The lowest BCUT2D eigenvalue weighted by molar-refractivity contribution is -0.139. The van der Waals surface area contributed by atoms with Crippen LogP contribution < -0.4 is 10.5 Å². The Bertz CT molecular complexity index is 843. The maximum atomic E-state index is 12.5. The number of carboxylic acids is 1. The van der Waals surface area contributed by atoms with Crippen molar-refractivity contribution < 1.29 is 19.4 Å². The number of rotatable bonds is 7. The van der Waals surface area contributed by atoms with Gasteiger partial charge in [-0.25, -0.2) is 4.79 Å². The van der Waals surface area contributed by atoms with Gasteiger partial charge in [0.2, 0.25) is 0 Å². The summed E-state index contributed by atoms with van der Waals surface area (Å²) in [6.07, 6.45) is 2.15. The zero-order valence-corrected chi connectivity index (χ0v) is 14.9. The first kappa shape index (κ1) is 18.6. The average molecular weight is 366 g/mol. The highest BCUT2D eigenvalue weighted by molar-refractivity contribution is 5.95. The van der Waals surface area contributed by atoms with Gasteiger partial charge < -0.3 is 15.6 Å². The number of Topliss-reactive ketones (excluding diaryl/α,β-unsaturated/α-hetero) is 1. The molecule has 0 spiro atoms. The van der Waals surface area contributed by atoms with Gasteiger partial charge in [-0.2, -0.15) is 0 Å². The van der Waals surface area contributed by atoms with Gasteiger partial charge in [0.25, 0.3) is 0 Å². The number of ketones is 1. The molecule has 27 heavy (non-hydrogen) atoms. The Labute approximate surface area is 157 Å². The number of nitrogens with one attached hydrogen (secondary N) is 1. The molecule has 0 aromatic heterocycles. The number of hydrogen-bond acceptors (Lipinski definition) is 4. The predicted octanol–water partition coefficient (Wildman–Crippen LogP) is 2.74. The van der Waals surface area contributed by atoms with E-state index in [9.17, 15) is 9.59 Å². The Morgan fingerprint density at radius 3 is 2.41 bits per heavy atom. The van der Waals surface area contributed by atoms with Gasteiger partial charge in [0.15, 0.2) is 6.61 Å². The van der Waals surface area contributed by atoms with E-state index in [2.05, 4.69) is 0 Å². The van der Waals surface area contributed by atoms with Crippen molar-refractivity contribution in [3.63, 3.8) is 0 Å². The van der Waals surface area contributed by atoms with Crippen molar-refractivity contribution in [1.82, 2.24) is 0 Å². The lowest BCUT2D eigenvalue weighted by atomic mass is 9.92. The molecular formula is C21H22N2O4. The van der Waals surface area contributed by atoms with E-state index in [0.717, 1.165) is 24.0 Å². The lowest BCUT2D eigenvalue weighted by Gasteiger charge is -2.12. The van der Waals surface area contributed by atoms with E-state index in [4.69, 9.17) is 21.0 Å². The quantitative estimate of drug-likeness (QED) is 0.515. The first-order valence-corrected chi connectivity index (χ1v) is 8.83. The van der Waals surface area contributed by atoms with Gasteiger partial charge in [-0.3, -0.25) is 10.2 Å². The molecule has 6 heteroatoms. The molecule has 2 atom stereocenters. The van der Waals surface area contributed by atoms with E-state index >= 15 is 0 Å². The van der Waals surface area contributed by atoms with Crippen LogP contribution in [0.25, 0.3) is 0 Å². The number of aliphatic carboxylic acids is 1. The maximum absolute atomic E-state index is 12.5. The minimum atomic E-state index is -1.01. The summed E-state index contributed by atoms with van der Waals surface area (Å²) in [4.78, 5) is 23.0.